The van der Waals surface area contributed by atoms with Crippen LogP contribution in [0.1, 0.15) is 31.7 Å². The lowest BCUT2D eigenvalue weighted by Crippen LogP contribution is -2.44. The zero-order valence-electron chi connectivity index (χ0n) is 10.7. The molecule has 1 saturated heterocycles. The van der Waals surface area contributed by atoms with Gasteiger partial charge in [-0.3, -0.25) is 4.68 Å². The fourth-order valence-corrected chi connectivity index (χ4v) is 4.61. The van der Waals surface area contributed by atoms with Crippen molar-refractivity contribution < 1.29 is 8.42 Å². The highest BCUT2D eigenvalue weighted by Gasteiger charge is 2.33. The monoisotopic (exact) mass is 271 g/mol. The third-order valence-electron chi connectivity index (χ3n) is 3.59. The minimum Gasteiger partial charge on any atom is -0.326 e. The predicted octanol–water partition coefficient (Wildman–Crippen LogP) is 0.740. The van der Waals surface area contributed by atoms with Crippen LogP contribution in [0.15, 0.2) is 12.4 Å². The molecule has 0 radical (unpaired) electrons. The summed E-state index contributed by atoms with van der Waals surface area (Å²) in [4.78, 5) is 0. The van der Waals surface area contributed by atoms with Gasteiger partial charge in [0.2, 0.25) is 0 Å². The second-order valence-corrected chi connectivity index (χ2v) is 7.31. The molecule has 2 atom stereocenters. The van der Waals surface area contributed by atoms with Crippen LogP contribution in [0.3, 0.4) is 0 Å². The Labute approximate surface area is 108 Å². The lowest BCUT2D eigenvalue weighted by atomic mass is 10.0. The molecule has 1 aliphatic heterocycles. The Balaban J connectivity index is 2.04. The van der Waals surface area contributed by atoms with Crippen LogP contribution in [0.25, 0.3) is 0 Å². The third kappa shape index (κ3) is 2.92. The normalized spacial score (nSPS) is 24.9. The molecular weight excluding hydrogens is 250 g/mol. The van der Waals surface area contributed by atoms with E-state index in [2.05, 4.69) is 5.10 Å². The van der Waals surface area contributed by atoms with Crippen LogP contribution in [0.5, 0.6) is 0 Å². The topological polar surface area (TPSA) is 78.0 Å². The number of hydrogen-bond donors (Lipinski definition) is 1. The van der Waals surface area contributed by atoms with Gasteiger partial charge in [0.15, 0.2) is 9.84 Å². The summed E-state index contributed by atoms with van der Waals surface area (Å²) < 4.78 is 25.8. The lowest BCUT2D eigenvalue weighted by molar-refractivity contribution is 0.495. The van der Waals surface area contributed by atoms with E-state index < -0.39 is 9.84 Å². The molecule has 0 aromatic carbocycles. The smallest absolute Gasteiger partial charge is 0.154 e. The largest absolute Gasteiger partial charge is 0.326 e. The van der Waals surface area contributed by atoms with Gasteiger partial charge in [-0.1, -0.05) is 6.42 Å². The van der Waals surface area contributed by atoms with E-state index in [4.69, 9.17) is 5.73 Å². The molecule has 2 heterocycles. The zero-order valence-corrected chi connectivity index (χ0v) is 11.6. The van der Waals surface area contributed by atoms with Crippen molar-refractivity contribution in [2.24, 2.45) is 5.73 Å². The molecule has 1 aliphatic rings. The van der Waals surface area contributed by atoms with Gasteiger partial charge in [0.25, 0.3) is 0 Å². The molecule has 1 aromatic heterocycles. The standard InChI is InChI=1S/C12H21N3O2S/c1-2-15-9-10(8-14-15)7-11(13)12-5-3-4-6-18(12,16)17/h8-9,11-12H,2-7,13H2,1H3. The van der Waals surface area contributed by atoms with Crippen molar-refractivity contribution in [3.05, 3.63) is 18.0 Å². The van der Waals surface area contributed by atoms with Crippen molar-refractivity contribution in [3.63, 3.8) is 0 Å². The Hall–Kier alpha value is -0.880. The maximum absolute atomic E-state index is 12.0. The molecule has 0 aliphatic carbocycles. The Morgan fingerprint density at radius 1 is 1.56 bits per heavy atom. The van der Waals surface area contributed by atoms with Crippen molar-refractivity contribution in [1.82, 2.24) is 9.78 Å². The van der Waals surface area contributed by atoms with Crippen LogP contribution >= 0.6 is 0 Å². The molecule has 2 rings (SSSR count). The van der Waals surface area contributed by atoms with Crippen molar-refractivity contribution in [2.45, 2.75) is 50.4 Å². The van der Waals surface area contributed by atoms with E-state index in [1.54, 1.807) is 6.20 Å². The van der Waals surface area contributed by atoms with Crippen LogP contribution in [0.4, 0.5) is 0 Å². The Morgan fingerprint density at radius 3 is 2.94 bits per heavy atom. The molecular formula is C12H21N3O2S. The van der Waals surface area contributed by atoms with Crippen molar-refractivity contribution >= 4 is 9.84 Å². The zero-order chi connectivity index (χ0) is 13.2. The molecule has 0 amide bonds. The van der Waals surface area contributed by atoms with Crippen LogP contribution in [0.2, 0.25) is 0 Å². The summed E-state index contributed by atoms with van der Waals surface area (Å²) in [5, 5.41) is 3.80. The summed E-state index contributed by atoms with van der Waals surface area (Å²) >= 11 is 0. The van der Waals surface area contributed by atoms with E-state index in [-0.39, 0.29) is 11.3 Å². The first-order valence-electron chi connectivity index (χ1n) is 6.51. The van der Waals surface area contributed by atoms with E-state index in [1.807, 2.05) is 17.8 Å². The van der Waals surface area contributed by atoms with Gasteiger partial charge in [-0.25, -0.2) is 8.42 Å². The predicted molar refractivity (Wildman–Crippen MR) is 71.0 cm³/mol. The minimum atomic E-state index is -2.99. The van der Waals surface area contributed by atoms with Crippen molar-refractivity contribution in [1.29, 1.82) is 0 Å². The van der Waals surface area contributed by atoms with Gasteiger partial charge in [0.1, 0.15) is 0 Å². The average Bonchev–Trinajstić information content (AvgIpc) is 2.76. The molecule has 2 unspecified atom stereocenters. The van der Waals surface area contributed by atoms with E-state index >= 15 is 0 Å². The average molecular weight is 271 g/mol. The van der Waals surface area contributed by atoms with Crippen LogP contribution in [-0.4, -0.2) is 35.2 Å². The fraction of sp³-hybridized carbons (Fsp3) is 0.750. The second kappa shape index (κ2) is 5.40. The second-order valence-electron chi connectivity index (χ2n) is 4.97. The molecule has 0 bridgehead atoms. The molecule has 2 N–H and O–H groups in total. The number of nitrogens with zero attached hydrogens (tertiary/aromatic N) is 2. The molecule has 18 heavy (non-hydrogen) atoms. The summed E-state index contributed by atoms with van der Waals surface area (Å²) in [5.74, 6) is 0.291. The third-order valence-corrected chi connectivity index (χ3v) is 5.95. The number of nitrogens with two attached hydrogens (primary N) is 1. The Kier molecular flexibility index (Phi) is 4.07. The first-order chi connectivity index (χ1) is 8.53. The summed E-state index contributed by atoms with van der Waals surface area (Å²) in [5.41, 5.74) is 7.11. The van der Waals surface area contributed by atoms with E-state index in [0.29, 0.717) is 18.6 Å². The van der Waals surface area contributed by atoms with Gasteiger partial charge in [0, 0.05) is 18.8 Å². The molecule has 1 aromatic rings. The number of sulfone groups is 1. The van der Waals surface area contributed by atoms with Gasteiger partial charge < -0.3 is 5.73 Å². The number of aryl methyl sites for hydroxylation is 1. The number of hydrogen-bond acceptors (Lipinski definition) is 4. The molecule has 0 spiro atoms. The van der Waals surface area contributed by atoms with Gasteiger partial charge in [-0.05, 0) is 31.7 Å². The molecule has 5 nitrogen and oxygen atoms in total. The van der Waals surface area contributed by atoms with Crippen LogP contribution < -0.4 is 5.73 Å². The molecule has 102 valence electrons. The van der Waals surface area contributed by atoms with Crippen LogP contribution in [-0.2, 0) is 22.8 Å². The van der Waals surface area contributed by atoms with E-state index in [1.165, 1.54) is 0 Å². The summed E-state index contributed by atoms with van der Waals surface area (Å²) in [6.45, 7) is 2.83. The summed E-state index contributed by atoms with van der Waals surface area (Å²) in [6.07, 6.45) is 6.74. The summed E-state index contributed by atoms with van der Waals surface area (Å²) in [6, 6.07) is -0.315. The van der Waals surface area contributed by atoms with Gasteiger partial charge in [-0.15, -0.1) is 0 Å². The number of aromatic nitrogens is 2. The van der Waals surface area contributed by atoms with Crippen LogP contribution in [0, 0.1) is 0 Å². The Morgan fingerprint density at radius 2 is 2.33 bits per heavy atom. The Bertz CT molecular complexity index is 495. The van der Waals surface area contributed by atoms with Crippen molar-refractivity contribution in [2.75, 3.05) is 5.75 Å². The van der Waals surface area contributed by atoms with Gasteiger partial charge >= 0.3 is 0 Å². The van der Waals surface area contributed by atoms with Crippen molar-refractivity contribution in [3.8, 4) is 0 Å². The molecule has 6 heteroatoms. The molecule has 1 fully saturated rings. The lowest BCUT2D eigenvalue weighted by Gasteiger charge is -2.27. The number of rotatable bonds is 4. The SMILES string of the molecule is CCn1cc(CC(N)C2CCCCS2(=O)=O)cn1. The van der Waals surface area contributed by atoms with E-state index in [9.17, 15) is 8.42 Å². The quantitative estimate of drug-likeness (QED) is 0.876. The highest BCUT2D eigenvalue weighted by Crippen LogP contribution is 2.23. The first kappa shape index (κ1) is 13.5. The minimum absolute atomic E-state index is 0.291. The maximum Gasteiger partial charge on any atom is 0.154 e. The highest BCUT2D eigenvalue weighted by molar-refractivity contribution is 7.92. The van der Waals surface area contributed by atoms with Gasteiger partial charge in [0.05, 0.1) is 17.2 Å². The fourth-order valence-electron chi connectivity index (χ4n) is 2.55. The molecule has 0 saturated carbocycles. The first-order valence-corrected chi connectivity index (χ1v) is 8.23. The van der Waals surface area contributed by atoms with Gasteiger partial charge in [-0.2, -0.15) is 5.10 Å². The maximum atomic E-state index is 12.0. The van der Waals surface area contributed by atoms with E-state index in [0.717, 1.165) is 24.9 Å². The summed E-state index contributed by atoms with van der Waals surface area (Å²) in [7, 11) is -2.99. The highest BCUT2D eigenvalue weighted by atomic mass is 32.2.